The molecule has 0 aliphatic carbocycles. The Hall–Kier alpha value is -4.39. The summed E-state index contributed by atoms with van der Waals surface area (Å²) in [6, 6.07) is -0.950. The van der Waals surface area contributed by atoms with Gasteiger partial charge in [0.2, 0.25) is 5.91 Å². The maximum Gasteiger partial charge on any atom is 0.220 e. The number of allylic oxidation sites excluding steroid dienone is 25. The molecule has 96 heavy (non-hydrogen) atoms. The highest BCUT2D eigenvalue weighted by atomic mass is 16.7. The Labute approximate surface area is 582 Å². The fourth-order valence-corrected chi connectivity index (χ4v) is 11.3. The van der Waals surface area contributed by atoms with Crippen LogP contribution in [-0.4, -0.2) is 140 Å². The smallest absolute Gasteiger partial charge is 0.220 e. The fourth-order valence-electron chi connectivity index (χ4n) is 11.3. The molecule has 0 spiro atoms. The lowest BCUT2D eigenvalue weighted by molar-refractivity contribution is -0.359. The molecule has 2 aliphatic rings. The number of unbranched alkanes of at least 4 members (excludes halogenated alkanes) is 23. The molecule has 0 aromatic carbocycles. The van der Waals surface area contributed by atoms with E-state index in [1.54, 1.807) is 6.08 Å². The molecule has 14 heteroatoms. The molecule has 1 amide bonds. The number of rotatable bonds is 60. The van der Waals surface area contributed by atoms with E-state index in [1.165, 1.54) is 96.3 Å². The third-order valence-corrected chi connectivity index (χ3v) is 17.2. The van der Waals surface area contributed by atoms with Gasteiger partial charge in [-0.25, -0.2) is 0 Å². The molecule has 0 aromatic heterocycles. The van der Waals surface area contributed by atoms with Crippen molar-refractivity contribution >= 4 is 5.91 Å². The molecule has 0 bridgehead atoms. The van der Waals surface area contributed by atoms with Gasteiger partial charge >= 0.3 is 0 Å². The Kier molecular flexibility index (Phi) is 58.5. The molecule has 2 saturated heterocycles. The number of ether oxygens (including phenoxy) is 4. The first-order valence-electron chi connectivity index (χ1n) is 37.7. The summed E-state index contributed by atoms with van der Waals surface area (Å²) in [6.45, 7) is 2.66. The van der Waals surface area contributed by atoms with Crippen molar-refractivity contribution in [1.82, 2.24) is 5.32 Å². The van der Waals surface area contributed by atoms with E-state index in [-0.39, 0.29) is 18.9 Å². The van der Waals surface area contributed by atoms with Crippen molar-refractivity contribution in [3.63, 3.8) is 0 Å². The van der Waals surface area contributed by atoms with Crippen molar-refractivity contribution in [3.05, 3.63) is 158 Å². The molecule has 2 fully saturated rings. The summed E-state index contributed by atoms with van der Waals surface area (Å²) >= 11 is 0. The summed E-state index contributed by atoms with van der Waals surface area (Å²) in [5, 5.41) is 87.5. The standard InChI is InChI=1S/C82H135NO13/c1-3-5-7-9-11-13-15-17-19-21-23-25-26-27-28-29-30-31-32-33-34-35-36-37-38-39-40-41-42-43-44-46-48-50-52-54-56-58-60-62-64-66-74(87)83-70(71(86)65-63-61-59-57-55-53-51-49-47-45-24-22-20-18-16-14-12-10-8-6-4-2)69-93-81-79(92)77(90)80(73(68-85)95-81)96-82-78(91)76(89)75(88)72(67-84)94-82/h5,7,11,13,17,19,23,25,27-28,30-31,33-34,36-37,39-40,42-43,46,48,55,57,63,65,70-73,75-82,84-86,88-92H,3-4,6,8-10,12,14-16,18,20-22,24,26,29,32,35,38,41,44-45,47,49-54,56,58-62,64,66-69H2,1-2H3,(H,83,87)/b7-5-,13-11-,19-17-,25-23-,28-27-,31-30-,34-33-,37-36-,40-39-,43-42-,48-46-,57-55+,65-63+. The zero-order valence-electron chi connectivity index (χ0n) is 59.5. The molecule has 14 nitrogen and oxygen atoms in total. The molecule has 9 N–H and O–H groups in total. The largest absolute Gasteiger partial charge is 0.394 e. The molecule has 2 aliphatic heterocycles. The highest BCUT2D eigenvalue weighted by Gasteiger charge is 2.51. The van der Waals surface area contributed by atoms with Gasteiger partial charge in [0.25, 0.3) is 0 Å². The third-order valence-electron chi connectivity index (χ3n) is 17.2. The zero-order valence-corrected chi connectivity index (χ0v) is 59.5. The fraction of sp³-hybridized carbons (Fsp3) is 0.671. The summed E-state index contributed by atoms with van der Waals surface area (Å²) < 4.78 is 22.8. The van der Waals surface area contributed by atoms with Crippen molar-refractivity contribution in [3.8, 4) is 0 Å². The van der Waals surface area contributed by atoms with E-state index in [9.17, 15) is 45.6 Å². The molecule has 12 unspecified atom stereocenters. The van der Waals surface area contributed by atoms with Crippen LogP contribution in [0.2, 0.25) is 0 Å². The van der Waals surface area contributed by atoms with Gasteiger partial charge in [0.05, 0.1) is 32.0 Å². The van der Waals surface area contributed by atoms with Crippen molar-refractivity contribution in [1.29, 1.82) is 0 Å². The second-order valence-corrected chi connectivity index (χ2v) is 25.7. The van der Waals surface area contributed by atoms with Crippen LogP contribution >= 0.6 is 0 Å². The predicted molar refractivity (Wildman–Crippen MR) is 396 cm³/mol. The van der Waals surface area contributed by atoms with Crippen molar-refractivity contribution in [2.75, 3.05) is 19.8 Å². The van der Waals surface area contributed by atoms with Crippen LogP contribution in [0.15, 0.2) is 158 Å². The van der Waals surface area contributed by atoms with E-state index in [0.29, 0.717) is 12.8 Å². The van der Waals surface area contributed by atoms with E-state index >= 15 is 0 Å². The van der Waals surface area contributed by atoms with Crippen LogP contribution in [0.5, 0.6) is 0 Å². The quantitative estimate of drug-likeness (QED) is 0.0204. The topological polar surface area (TPSA) is 228 Å². The molecule has 2 rings (SSSR count). The molecule has 2 heterocycles. The molecule has 0 aromatic rings. The van der Waals surface area contributed by atoms with Gasteiger partial charge in [-0.1, -0.05) is 294 Å². The second kappa shape index (κ2) is 64.0. The average molecular weight is 1340 g/mol. The van der Waals surface area contributed by atoms with Crippen LogP contribution in [0.25, 0.3) is 0 Å². The monoisotopic (exact) mass is 1340 g/mol. The summed E-state index contributed by atoms with van der Waals surface area (Å²) in [4.78, 5) is 13.3. The number of hydrogen-bond donors (Lipinski definition) is 9. The third kappa shape index (κ3) is 46.8. The van der Waals surface area contributed by atoms with E-state index in [0.717, 1.165) is 128 Å². The van der Waals surface area contributed by atoms with Crippen molar-refractivity contribution < 1.29 is 64.6 Å². The van der Waals surface area contributed by atoms with Gasteiger partial charge in [0.15, 0.2) is 12.6 Å². The van der Waals surface area contributed by atoms with E-state index in [1.807, 2.05) is 6.08 Å². The minimum Gasteiger partial charge on any atom is -0.394 e. The molecule has 546 valence electrons. The van der Waals surface area contributed by atoms with Gasteiger partial charge in [-0.2, -0.15) is 0 Å². The molecule has 0 radical (unpaired) electrons. The van der Waals surface area contributed by atoms with Crippen LogP contribution in [0.4, 0.5) is 0 Å². The highest BCUT2D eigenvalue weighted by molar-refractivity contribution is 5.76. The first kappa shape index (κ1) is 87.7. The van der Waals surface area contributed by atoms with Crippen molar-refractivity contribution in [2.45, 2.75) is 331 Å². The van der Waals surface area contributed by atoms with Gasteiger partial charge in [0.1, 0.15) is 48.8 Å². The van der Waals surface area contributed by atoms with E-state index < -0.39 is 86.8 Å². The van der Waals surface area contributed by atoms with Crippen LogP contribution in [0, 0.1) is 0 Å². The van der Waals surface area contributed by atoms with E-state index in [4.69, 9.17) is 18.9 Å². The number of nitrogens with one attached hydrogen (secondary N) is 1. The molecule has 0 saturated carbocycles. The minimum atomic E-state index is -1.80. The normalized spacial score (nSPS) is 23.2. The van der Waals surface area contributed by atoms with Crippen molar-refractivity contribution in [2.24, 2.45) is 0 Å². The predicted octanol–water partition coefficient (Wildman–Crippen LogP) is 16.6. The van der Waals surface area contributed by atoms with Crippen LogP contribution in [0.1, 0.15) is 258 Å². The lowest BCUT2D eigenvalue weighted by atomic mass is 9.97. The summed E-state index contributed by atoms with van der Waals surface area (Å²) in [5.41, 5.74) is 0. The Morgan fingerprint density at radius 3 is 1.15 bits per heavy atom. The molecular weight excluding hydrogens is 1210 g/mol. The van der Waals surface area contributed by atoms with Crippen LogP contribution < -0.4 is 5.32 Å². The number of aliphatic hydroxyl groups is 8. The maximum atomic E-state index is 13.3. The first-order valence-corrected chi connectivity index (χ1v) is 37.7. The van der Waals surface area contributed by atoms with Crippen LogP contribution in [0.3, 0.4) is 0 Å². The number of carbonyl (C=O) groups excluding carboxylic acids is 1. The van der Waals surface area contributed by atoms with Crippen LogP contribution in [-0.2, 0) is 23.7 Å². The Morgan fingerprint density at radius 2 is 0.729 bits per heavy atom. The first-order chi connectivity index (χ1) is 47.1. The SMILES string of the molecule is CC/C=C\C/C=C\C/C=C\C/C=C\C/C=C\C/C=C\C/C=C\C/C=C\C/C=C\C/C=C\C/C=C\CCCCCCCCCC(=O)NC(COC1OC(CO)C(OC2OC(CO)C(O)C(O)C2O)C(O)C1O)C(O)/C=C/CC/C=C/CCCCCCCCCCCCCCCCC. The Bertz CT molecular complexity index is 2220. The zero-order chi connectivity index (χ0) is 69.4. The number of amides is 1. The summed E-state index contributed by atoms with van der Waals surface area (Å²) in [6.07, 6.45) is 81.6. The second-order valence-electron chi connectivity index (χ2n) is 25.7. The Morgan fingerprint density at radius 1 is 0.385 bits per heavy atom. The van der Waals surface area contributed by atoms with E-state index in [2.05, 4.69) is 165 Å². The highest BCUT2D eigenvalue weighted by Crippen LogP contribution is 2.30. The molecular formula is C82H135NO13. The van der Waals surface area contributed by atoms with Gasteiger partial charge in [-0.15, -0.1) is 0 Å². The number of aliphatic hydroxyl groups excluding tert-OH is 8. The van der Waals surface area contributed by atoms with Gasteiger partial charge in [0, 0.05) is 6.42 Å². The van der Waals surface area contributed by atoms with Gasteiger partial charge < -0.3 is 65.1 Å². The van der Waals surface area contributed by atoms with Gasteiger partial charge in [-0.3, -0.25) is 4.79 Å². The number of hydrogen-bond acceptors (Lipinski definition) is 13. The summed E-state index contributed by atoms with van der Waals surface area (Å²) in [7, 11) is 0. The molecule has 12 atom stereocenters. The minimum absolute atomic E-state index is 0.251. The van der Waals surface area contributed by atoms with Gasteiger partial charge in [-0.05, 0) is 116 Å². The summed E-state index contributed by atoms with van der Waals surface area (Å²) in [5.74, 6) is -0.265. The maximum absolute atomic E-state index is 13.3. The lowest BCUT2D eigenvalue weighted by Gasteiger charge is -2.46. The lowest BCUT2D eigenvalue weighted by Crippen LogP contribution is -2.65. The average Bonchev–Trinajstić information content (AvgIpc) is 0.807. The number of carbonyl (C=O) groups is 1. The Balaban J connectivity index is 1.66.